The number of nitrogens with zero attached hydrogens (tertiary/aromatic N) is 1. The lowest BCUT2D eigenvalue weighted by Gasteiger charge is -2.10. The highest BCUT2D eigenvalue weighted by Crippen LogP contribution is 2.19. The Kier molecular flexibility index (Phi) is 4.47. The molecule has 0 heterocycles. The van der Waals surface area contributed by atoms with Crippen molar-refractivity contribution in [2.24, 2.45) is 5.73 Å². The van der Waals surface area contributed by atoms with Gasteiger partial charge in [0.2, 0.25) is 5.91 Å². The van der Waals surface area contributed by atoms with Gasteiger partial charge in [-0.25, -0.2) is 0 Å². The Morgan fingerprint density at radius 3 is 2.14 bits per heavy atom. The molecule has 0 aliphatic rings. The molecule has 2 amide bonds. The molecule has 2 aromatic rings. The highest BCUT2D eigenvalue weighted by molar-refractivity contribution is 5.96. The molecule has 7 heteroatoms. The number of anilines is 1. The summed E-state index contributed by atoms with van der Waals surface area (Å²) in [5.74, 6) is -1.35. The van der Waals surface area contributed by atoms with Gasteiger partial charge in [0, 0.05) is 21.7 Å². The van der Waals surface area contributed by atoms with E-state index < -0.39 is 22.8 Å². The minimum Gasteiger partial charge on any atom is -0.366 e. The summed E-state index contributed by atoms with van der Waals surface area (Å²) in [5, 5.41) is 13.6. The number of amides is 2. The Labute approximate surface area is 125 Å². The van der Waals surface area contributed by atoms with Gasteiger partial charge in [-0.05, 0) is 24.3 Å². The third-order valence-corrected chi connectivity index (χ3v) is 3.01. The van der Waals surface area contributed by atoms with Crippen LogP contribution in [0.3, 0.4) is 0 Å². The highest BCUT2D eigenvalue weighted by Gasteiger charge is 2.31. The summed E-state index contributed by atoms with van der Waals surface area (Å²) in [6.07, 6.45) is 0. The predicted octanol–water partition coefficient (Wildman–Crippen LogP) is 1.74. The lowest BCUT2D eigenvalue weighted by Crippen LogP contribution is -2.27. The van der Waals surface area contributed by atoms with E-state index in [4.69, 9.17) is 5.73 Å². The van der Waals surface area contributed by atoms with Crippen LogP contribution in [0.5, 0.6) is 0 Å². The Morgan fingerprint density at radius 1 is 1.05 bits per heavy atom. The second-order valence-corrected chi connectivity index (χ2v) is 4.53. The molecule has 7 nitrogen and oxygen atoms in total. The SMILES string of the molecule is NC(=O)c1ccc(NC(=O)C(c2ccccc2)[N+](=O)[O-])cc1. The van der Waals surface area contributed by atoms with Crippen LogP contribution < -0.4 is 11.1 Å². The van der Waals surface area contributed by atoms with Crippen LogP contribution in [0, 0.1) is 10.1 Å². The van der Waals surface area contributed by atoms with Gasteiger partial charge in [0.25, 0.3) is 0 Å². The Balaban J connectivity index is 2.18. The molecule has 1 atom stereocenters. The van der Waals surface area contributed by atoms with E-state index >= 15 is 0 Å². The number of nitro groups is 1. The molecule has 112 valence electrons. The molecule has 0 spiro atoms. The molecule has 0 fully saturated rings. The van der Waals surface area contributed by atoms with Gasteiger partial charge in [0.15, 0.2) is 0 Å². The van der Waals surface area contributed by atoms with Crippen molar-refractivity contribution >= 4 is 17.5 Å². The van der Waals surface area contributed by atoms with E-state index in [0.717, 1.165) is 0 Å². The predicted molar refractivity (Wildman–Crippen MR) is 79.8 cm³/mol. The zero-order chi connectivity index (χ0) is 16.1. The van der Waals surface area contributed by atoms with Crippen molar-refractivity contribution in [2.75, 3.05) is 5.32 Å². The van der Waals surface area contributed by atoms with Gasteiger partial charge in [-0.3, -0.25) is 19.7 Å². The van der Waals surface area contributed by atoms with Crippen LogP contribution in [0.4, 0.5) is 5.69 Å². The molecule has 3 N–H and O–H groups in total. The zero-order valence-corrected chi connectivity index (χ0v) is 11.4. The third kappa shape index (κ3) is 3.45. The molecular formula is C15H13N3O4. The first kappa shape index (κ1) is 15.2. The maximum atomic E-state index is 12.1. The van der Waals surface area contributed by atoms with Crippen molar-refractivity contribution in [2.45, 2.75) is 6.04 Å². The molecule has 0 aliphatic carbocycles. The van der Waals surface area contributed by atoms with Gasteiger partial charge in [0.05, 0.1) is 0 Å². The van der Waals surface area contributed by atoms with Gasteiger partial charge < -0.3 is 11.1 Å². The first-order valence-electron chi connectivity index (χ1n) is 6.38. The van der Waals surface area contributed by atoms with Gasteiger partial charge in [-0.2, -0.15) is 0 Å². The van der Waals surface area contributed by atoms with Crippen LogP contribution in [0.25, 0.3) is 0 Å². The number of hydrogen-bond acceptors (Lipinski definition) is 4. The fourth-order valence-electron chi connectivity index (χ4n) is 1.93. The van der Waals surface area contributed by atoms with Gasteiger partial charge >= 0.3 is 11.9 Å². The van der Waals surface area contributed by atoms with Crippen molar-refractivity contribution in [3.05, 3.63) is 75.8 Å². The first-order valence-corrected chi connectivity index (χ1v) is 6.38. The van der Waals surface area contributed by atoms with Crippen molar-refractivity contribution < 1.29 is 14.5 Å². The largest absolute Gasteiger partial charge is 0.366 e. The number of primary amides is 1. The van der Waals surface area contributed by atoms with E-state index in [1.54, 1.807) is 18.2 Å². The van der Waals surface area contributed by atoms with E-state index in [2.05, 4.69) is 5.32 Å². The average molecular weight is 299 g/mol. The van der Waals surface area contributed by atoms with E-state index in [9.17, 15) is 19.7 Å². The molecule has 0 aromatic heterocycles. The fourth-order valence-corrected chi connectivity index (χ4v) is 1.93. The number of rotatable bonds is 5. The number of nitrogens with two attached hydrogens (primary N) is 1. The van der Waals surface area contributed by atoms with E-state index in [1.165, 1.54) is 36.4 Å². The molecule has 22 heavy (non-hydrogen) atoms. The van der Waals surface area contributed by atoms with Crippen LogP contribution in [-0.4, -0.2) is 16.7 Å². The topological polar surface area (TPSA) is 115 Å². The monoisotopic (exact) mass is 299 g/mol. The van der Waals surface area contributed by atoms with Crippen molar-refractivity contribution in [3.63, 3.8) is 0 Å². The Bertz CT molecular complexity index is 698. The third-order valence-electron chi connectivity index (χ3n) is 3.01. The summed E-state index contributed by atoms with van der Waals surface area (Å²) in [5.41, 5.74) is 6.03. The second-order valence-electron chi connectivity index (χ2n) is 4.53. The van der Waals surface area contributed by atoms with E-state index in [1.807, 2.05) is 0 Å². The molecule has 0 saturated carbocycles. The summed E-state index contributed by atoms with van der Waals surface area (Å²) in [6, 6.07) is 12.3. The minimum absolute atomic E-state index is 0.284. The number of carbonyl (C=O) groups is 2. The number of benzene rings is 2. The average Bonchev–Trinajstić information content (AvgIpc) is 2.48. The summed E-state index contributed by atoms with van der Waals surface area (Å²) < 4.78 is 0. The summed E-state index contributed by atoms with van der Waals surface area (Å²) in [6.45, 7) is 0. The molecule has 0 saturated heterocycles. The highest BCUT2D eigenvalue weighted by atomic mass is 16.6. The molecule has 0 bridgehead atoms. The second kappa shape index (κ2) is 6.49. The Hall–Kier alpha value is -3.22. The smallest absolute Gasteiger partial charge is 0.315 e. The van der Waals surface area contributed by atoms with Crippen molar-refractivity contribution in [3.8, 4) is 0 Å². The molecule has 1 unspecified atom stereocenters. The quantitative estimate of drug-likeness (QED) is 0.646. The molecule has 0 aliphatic heterocycles. The molecular weight excluding hydrogens is 286 g/mol. The standard InChI is InChI=1S/C15H13N3O4/c16-14(19)11-6-8-12(9-7-11)17-15(20)13(18(21)22)10-4-2-1-3-5-10/h1-9,13H,(H2,16,19)(H,17,20). The van der Waals surface area contributed by atoms with Crippen LogP contribution in [0.15, 0.2) is 54.6 Å². The number of hydrogen-bond donors (Lipinski definition) is 2. The fraction of sp³-hybridized carbons (Fsp3) is 0.0667. The van der Waals surface area contributed by atoms with Crippen LogP contribution in [-0.2, 0) is 4.79 Å². The van der Waals surface area contributed by atoms with E-state index in [0.29, 0.717) is 11.3 Å². The normalized spacial score (nSPS) is 11.5. The minimum atomic E-state index is -1.50. The van der Waals surface area contributed by atoms with E-state index in [-0.39, 0.29) is 5.56 Å². The van der Waals surface area contributed by atoms with Crippen molar-refractivity contribution in [1.82, 2.24) is 0 Å². The number of carbonyl (C=O) groups excluding carboxylic acids is 2. The summed E-state index contributed by atoms with van der Waals surface area (Å²) >= 11 is 0. The molecule has 2 aromatic carbocycles. The van der Waals surface area contributed by atoms with Crippen LogP contribution in [0.2, 0.25) is 0 Å². The lowest BCUT2D eigenvalue weighted by molar-refractivity contribution is -0.512. The summed E-state index contributed by atoms with van der Waals surface area (Å²) in [7, 11) is 0. The maximum absolute atomic E-state index is 12.1. The Morgan fingerprint density at radius 2 is 1.64 bits per heavy atom. The number of nitrogens with one attached hydrogen (secondary N) is 1. The van der Waals surface area contributed by atoms with Gasteiger partial charge in [-0.15, -0.1) is 0 Å². The maximum Gasteiger partial charge on any atom is 0.315 e. The summed E-state index contributed by atoms with van der Waals surface area (Å²) in [4.78, 5) is 33.6. The van der Waals surface area contributed by atoms with Crippen LogP contribution in [0.1, 0.15) is 22.0 Å². The molecule has 2 rings (SSSR count). The zero-order valence-electron chi connectivity index (χ0n) is 11.4. The molecule has 0 radical (unpaired) electrons. The van der Waals surface area contributed by atoms with Crippen molar-refractivity contribution in [1.29, 1.82) is 0 Å². The first-order chi connectivity index (χ1) is 10.5. The van der Waals surface area contributed by atoms with Gasteiger partial charge in [0.1, 0.15) is 0 Å². The van der Waals surface area contributed by atoms with Gasteiger partial charge in [-0.1, -0.05) is 30.3 Å². The van der Waals surface area contributed by atoms with Crippen LogP contribution >= 0.6 is 0 Å². The lowest BCUT2D eigenvalue weighted by atomic mass is 10.1.